The Morgan fingerprint density at radius 1 is 0.750 bits per heavy atom. The predicted octanol–water partition coefficient (Wildman–Crippen LogP) is 4.79. The van der Waals surface area contributed by atoms with Gasteiger partial charge >= 0.3 is 12.4 Å². The number of hydrogen-bond donors (Lipinski definition) is 0. The Balaban J connectivity index is 2.47. The Morgan fingerprint density at radius 3 is 2.00 bits per heavy atom. The van der Waals surface area contributed by atoms with Gasteiger partial charge in [-0.1, -0.05) is 18.2 Å². The fourth-order valence-corrected chi connectivity index (χ4v) is 1.61. The maximum absolute atomic E-state index is 12.6. The molecule has 0 aliphatic carbocycles. The average Bonchev–Trinajstić information content (AvgIpc) is 2.37. The third-order valence-electron chi connectivity index (χ3n) is 2.53. The van der Waals surface area contributed by atoms with Gasteiger partial charge < -0.3 is 0 Å². The summed E-state index contributed by atoms with van der Waals surface area (Å²) >= 11 is 0. The van der Waals surface area contributed by atoms with Crippen molar-refractivity contribution in [1.29, 1.82) is 0 Å². The lowest BCUT2D eigenvalue weighted by molar-refractivity contribution is -0.141. The second kappa shape index (κ2) is 4.81. The van der Waals surface area contributed by atoms with Crippen LogP contribution in [0.1, 0.15) is 11.3 Å². The Kier molecular flexibility index (Phi) is 3.45. The van der Waals surface area contributed by atoms with Gasteiger partial charge in [-0.2, -0.15) is 26.3 Å². The molecule has 1 aromatic heterocycles. The van der Waals surface area contributed by atoms with Gasteiger partial charge in [0.25, 0.3) is 0 Å². The quantitative estimate of drug-likeness (QED) is 0.689. The molecule has 1 nitrogen and oxygen atoms in total. The summed E-state index contributed by atoms with van der Waals surface area (Å²) in [6.07, 6.45) is -9.20. The van der Waals surface area contributed by atoms with Gasteiger partial charge in [-0.15, -0.1) is 0 Å². The standard InChI is InChI=1S/C13H7F6N/c14-12(15,16)9-4-1-3-8(7-9)10-5-2-6-11(20-10)13(17,18)19/h1-7H. The summed E-state index contributed by atoms with van der Waals surface area (Å²) in [5.74, 6) is 0. The highest BCUT2D eigenvalue weighted by atomic mass is 19.4. The molecular weight excluding hydrogens is 284 g/mol. The van der Waals surface area contributed by atoms with Gasteiger partial charge in [0, 0.05) is 5.56 Å². The van der Waals surface area contributed by atoms with E-state index in [9.17, 15) is 26.3 Å². The molecule has 2 aromatic rings. The topological polar surface area (TPSA) is 12.9 Å². The molecule has 1 aromatic carbocycles. The number of nitrogens with zero attached hydrogens (tertiary/aromatic N) is 1. The number of aromatic nitrogens is 1. The zero-order valence-electron chi connectivity index (χ0n) is 9.76. The molecule has 20 heavy (non-hydrogen) atoms. The van der Waals surface area contributed by atoms with E-state index in [0.717, 1.165) is 30.3 Å². The minimum Gasteiger partial charge on any atom is -0.243 e. The van der Waals surface area contributed by atoms with Crippen molar-refractivity contribution in [1.82, 2.24) is 4.98 Å². The molecule has 106 valence electrons. The van der Waals surface area contributed by atoms with E-state index >= 15 is 0 Å². The second-order valence-electron chi connectivity index (χ2n) is 3.98. The second-order valence-corrected chi connectivity index (χ2v) is 3.98. The summed E-state index contributed by atoms with van der Waals surface area (Å²) in [6.45, 7) is 0. The first-order chi connectivity index (χ1) is 9.18. The number of alkyl halides is 6. The van der Waals surface area contributed by atoms with Crippen LogP contribution in [0.3, 0.4) is 0 Å². The molecule has 0 saturated carbocycles. The summed E-state index contributed by atoms with van der Waals surface area (Å²) in [5, 5.41) is 0. The van der Waals surface area contributed by atoms with Crippen molar-refractivity contribution in [3.8, 4) is 11.3 Å². The van der Waals surface area contributed by atoms with Crippen LogP contribution in [0.15, 0.2) is 42.5 Å². The summed E-state index contributed by atoms with van der Waals surface area (Å²) in [6, 6.07) is 7.10. The fourth-order valence-electron chi connectivity index (χ4n) is 1.61. The SMILES string of the molecule is FC(F)(F)c1cccc(-c2cccc(C(F)(F)F)n2)c1. The van der Waals surface area contributed by atoms with Crippen molar-refractivity contribution in [3.63, 3.8) is 0 Å². The zero-order chi connectivity index (χ0) is 15.0. The van der Waals surface area contributed by atoms with Gasteiger partial charge in [-0.05, 0) is 24.3 Å². The molecule has 0 unspecified atom stereocenters. The number of rotatable bonds is 1. The molecule has 0 bridgehead atoms. The molecule has 0 atom stereocenters. The van der Waals surface area contributed by atoms with Crippen LogP contribution in [0.2, 0.25) is 0 Å². The van der Waals surface area contributed by atoms with E-state index in [1.54, 1.807) is 0 Å². The normalized spacial score (nSPS) is 12.5. The minimum atomic E-state index is -4.64. The van der Waals surface area contributed by atoms with Crippen LogP contribution in [0.5, 0.6) is 0 Å². The molecule has 0 amide bonds. The lowest BCUT2D eigenvalue weighted by atomic mass is 10.1. The molecule has 0 radical (unpaired) electrons. The Hall–Kier alpha value is -2.05. The van der Waals surface area contributed by atoms with Crippen LogP contribution < -0.4 is 0 Å². The summed E-state index contributed by atoms with van der Waals surface area (Å²) in [7, 11) is 0. The van der Waals surface area contributed by atoms with Gasteiger partial charge in [-0.25, -0.2) is 4.98 Å². The van der Waals surface area contributed by atoms with E-state index in [0.29, 0.717) is 0 Å². The number of benzene rings is 1. The van der Waals surface area contributed by atoms with E-state index < -0.39 is 23.6 Å². The summed E-state index contributed by atoms with van der Waals surface area (Å²) in [5.41, 5.74) is -2.27. The van der Waals surface area contributed by atoms with Crippen LogP contribution in [0, 0.1) is 0 Å². The van der Waals surface area contributed by atoms with Gasteiger partial charge in [0.1, 0.15) is 5.69 Å². The molecule has 0 aliphatic heterocycles. The van der Waals surface area contributed by atoms with Gasteiger partial charge in [0.15, 0.2) is 0 Å². The lowest BCUT2D eigenvalue weighted by Gasteiger charge is -2.10. The third kappa shape index (κ3) is 3.09. The molecule has 2 rings (SSSR count). The first-order valence-electron chi connectivity index (χ1n) is 5.40. The van der Waals surface area contributed by atoms with Crippen molar-refractivity contribution in [2.75, 3.05) is 0 Å². The highest BCUT2D eigenvalue weighted by Crippen LogP contribution is 2.33. The van der Waals surface area contributed by atoms with Crippen molar-refractivity contribution < 1.29 is 26.3 Å². The minimum absolute atomic E-state index is 0.0223. The molecule has 0 N–H and O–H groups in total. The largest absolute Gasteiger partial charge is 0.433 e. The molecule has 0 aliphatic rings. The molecular formula is C13H7F6N. The van der Waals surface area contributed by atoms with Crippen LogP contribution in [-0.2, 0) is 12.4 Å². The van der Waals surface area contributed by atoms with Crippen molar-refractivity contribution in [2.24, 2.45) is 0 Å². The average molecular weight is 291 g/mol. The Labute approximate surface area is 109 Å². The predicted molar refractivity (Wildman–Crippen MR) is 59.7 cm³/mol. The molecule has 0 saturated heterocycles. The van der Waals surface area contributed by atoms with E-state index in [2.05, 4.69) is 4.98 Å². The first kappa shape index (κ1) is 14.4. The fraction of sp³-hybridized carbons (Fsp3) is 0.154. The van der Waals surface area contributed by atoms with Crippen LogP contribution >= 0.6 is 0 Å². The van der Waals surface area contributed by atoms with E-state index in [1.807, 2.05) is 0 Å². The van der Waals surface area contributed by atoms with Crippen molar-refractivity contribution >= 4 is 0 Å². The highest BCUT2D eigenvalue weighted by molar-refractivity contribution is 5.60. The first-order valence-corrected chi connectivity index (χ1v) is 5.40. The van der Waals surface area contributed by atoms with E-state index in [1.165, 1.54) is 12.1 Å². The third-order valence-corrected chi connectivity index (χ3v) is 2.53. The molecule has 1 heterocycles. The lowest BCUT2D eigenvalue weighted by Crippen LogP contribution is -2.08. The molecule has 7 heteroatoms. The highest BCUT2D eigenvalue weighted by Gasteiger charge is 2.33. The van der Waals surface area contributed by atoms with Crippen molar-refractivity contribution in [3.05, 3.63) is 53.7 Å². The Bertz CT molecular complexity index is 559. The number of pyridine rings is 1. The smallest absolute Gasteiger partial charge is 0.243 e. The monoisotopic (exact) mass is 291 g/mol. The maximum atomic E-state index is 12.6. The van der Waals surface area contributed by atoms with E-state index in [-0.39, 0.29) is 11.3 Å². The zero-order valence-corrected chi connectivity index (χ0v) is 9.76. The molecule has 0 spiro atoms. The van der Waals surface area contributed by atoms with Gasteiger partial charge in [0.2, 0.25) is 0 Å². The maximum Gasteiger partial charge on any atom is 0.433 e. The summed E-state index contributed by atoms with van der Waals surface area (Å²) in [4.78, 5) is 3.35. The van der Waals surface area contributed by atoms with Crippen LogP contribution in [0.4, 0.5) is 26.3 Å². The van der Waals surface area contributed by atoms with Gasteiger partial charge in [0.05, 0.1) is 11.3 Å². The van der Waals surface area contributed by atoms with E-state index in [4.69, 9.17) is 0 Å². The number of halogens is 6. The van der Waals surface area contributed by atoms with Crippen LogP contribution in [-0.4, -0.2) is 4.98 Å². The van der Waals surface area contributed by atoms with Crippen molar-refractivity contribution in [2.45, 2.75) is 12.4 Å². The van der Waals surface area contributed by atoms with Crippen LogP contribution in [0.25, 0.3) is 11.3 Å². The molecule has 0 fully saturated rings. The van der Waals surface area contributed by atoms with Gasteiger partial charge in [-0.3, -0.25) is 0 Å². The Morgan fingerprint density at radius 2 is 1.40 bits per heavy atom. The number of hydrogen-bond acceptors (Lipinski definition) is 1. The summed E-state index contributed by atoms with van der Waals surface area (Å²) < 4.78 is 75.2.